The molecule has 0 saturated heterocycles. The van der Waals surface area contributed by atoms with Crippen molar-refractivity contribution in [1.29, 1.82) is 0 Å². The number of nitrogens with zero attached hydrogens (tertiary/aromatic N) is 2. The van der Waals surface area contributed by atoms with Crippen LogP contribution in [-0.2, 0) is 32.6 Å². The fourth-order valence-electron chi connectivity index (χ4n) is 5.13. The van der Waals surface area contributed by atoms with Gasteiger partial charge in [0.25, 0.3) is 10.0 Å². The molecule has 1 N–H and O–H groups in total. The lowest BCUT2D eigenvalue weighted by atomic mass is 10.0. The zero-order valence-corrected chi connectivity index (χ0v) is 27.7. The molecular weight excluding hydrogens is 606 g/mol. The topological polar surface area (TPSA) is 86.8 Å². The van der Waals surface area contributed by atoms with Gasteiger partial charge < -0.3 is 10.2 Å². The average molecular weight is 646 g/mol. The van der Waals surface area contributed by atoms with Gasteiger partial charge >= 0.3 is 0 Å². The number of nitrogens with one attached hydrogen (secondary N) is 1. The molecule has 4 rings (SSSR count). The van der Waals surface area contributed by atoms with Crippen molar-refractivity contribution in [2.45, 2.75) is 51.6 Å². The normalized spacial score (nSPS) is 12.0. The lowest BCUT2D eigenvalue weighted by Crippen LogP contribution is -2.53. The molecule has 0 fully saturated rings. The molecule has 0 bridgehead atoms. The van der Waals surface area contributed by atoms with Crippen molar-refractivity contribution in [3.05, 3.63) is 130 Å². The highest BCUT2D eigenvalue weighted by Crippen LogP contribution is 2.27. The third kappa shape index (κ3) is 8.96. The standard InChI is InChI=1S/C36H40ClN3O4S/c1-26(2)23-38-36(42)34(22-29-13-7-5-8-14-29)39(24-30-15-11-12-18-33(30)37)35(41)25-40(31-20-27(3)19-28(4)21-31)45(43,44)32-16-9-6-10-17-32/h5-21,26,34H,22-25H2,1-4H3,(H,38,42)/t34-/m1/s1. The Morgan fingerprint density at radius 3 is 2.00 bits per heavy atom. The highest BCUT2D eigenvalue weighted by Gasteiger charge is 2.35. The molecule has 4 aromatic rings. The maximum absolute atomic E-state index is 14.6. The number of carbonyl (C=O) groups excluding carboxylic acids is 2. The molecule has 7 nitrogen and oxygen atoms in total. The van der Waals surface area contributed by atoms with Gasteiger partial charge in [0.05, 0.1) is 10.6 Å². The van der Waals surface area contributed by atoms with Crippen molar-refractivity contribution in [1.82, 2.24) is 10.2 Å². The number of carbonyl (C=O) groups is 2. The van der Waals surface area contributed by atoms with Crippen LogP contribution in [-0.4, -0.2) is 44.3 Å². The van der Waals surface area contributed by atoms with Crippen LogP contribution in [0.15, 0.2) is 108 Å². The molecule has 4 aromatic carbocycles. The molecule has 2 amide bonds. The molecule has 0 saturated carbocycles. The zero-order valence-electron chi connectivity index (χ0n) is 26.1. The maximum atomic E-state index is 14.6. The number of benzene rings is 4. The number of amides is 2. The second-order valence-corrected chi connectivity index (χ2v) is 13.9. The van der Waals surface area contributed by atoms with E-state index in [0.717, 1.165) is 21.0 Å². The highest BCUT2D eigenvalue weighted by atomic mass is 35.5. The molecule has 0 spiro atoms. The van der Waals surface area contributed by atoms with Crippen LogP contribution in [0.5, 0.6) is 0 Å². The Hall–Kier alpha value is -4.14. The van der Waals surface area contributed by atoms with Crippen molar-refractivity contribution in [3.63, 3.8) is 0 Å². The largest absolute Gasteiger partial charge is 0.354 e. The summed E-state index contributed by atoms with van der Waals surface area (Å²) in [5, 5.41) is 3.44. The van der Waals surface area contributed by atoms with E-state index in [9.17, 15) is 18.0 Å². The Morgan fingerprint density at radius 1 is 0.822 bits per heavy atom. The fraction of sp³-hybridized carbons (Fsp3) is 0.278. The smallest absolute Gasteiger partial charge is 0.264 e. The molecule has 45 heavy (non-hydrogen) atoms. The number of aryl methyl sites for hydroxylation is 2. The van der Waals surface area contributed by atoms with Gasteiger partial charge in [-0.05, 0) is 72.4 Å². The van der Waals surface area contributed by atoms with Crippen molar-refractivity contribution in [2.75, 3.05) is 17.4 Å². The summed E-state index contributed by atoms with van der Waals surface area (Å²) in [7, 11) is -4.16. The minimum absolute atomic E-state index is 0.0111. The van der Waals surface area contributed by atoms with Crippen molar-refractivity contribution < 1.29 is 18.0 Å². The third-order valence-electron chi connectivity index (χ3n) is 7.36. The predicted octanol–water partition coefficient (Wildman–Crippen LogP) is 6.56. The first-order chi connectivity index (χ1) is 21.5. The summed E-state index contributed by atoms with van der Waals surface area (Å²) in [6, 6.07) is 29.1. The monoisotopic (exact) mass is 645 g/mol. The highest BCUT2D eigenvalue weighted by molar-refractivity contribution is 7.92. The van der Waals surface area contributed by atoms with E-state index in [1.807, 2.05) is 70.2 Å². The van der Waals surface area contributed by atoms with E-state index in [2.05, 4.69) is 5.32 Å². The first-order valence-corrected chi connectivity index (χ1v) is 16.8. The van der Waals surface area contributed by atoms with Crippen molar-refractivity contribution in [2.24, 2.45) is 5.92 Å². The summed E-state index contributed by atoms with van der Waals surface area (Å²) >= 11 is 6.56. The molecule has 236 valence electrons. The van der Waals surface area contributed by atoms with E-state index >= 15 is 0 Å². The number of hydrogen-bond acceptors (Lipinski definition) is 4. The van der Waals surface area contributed by atoms with Crippen LogP contribution < -0.4 is 9.62 Å². The van der Waals surface area contributed by atoms with E-state index in [4.69, 9.17) is 11.6 Å². The molecule has 0 aliphatic rings. The first-order valence-electron chi connectivity index (χ1n) is 15.0. The van der Waals surface area contributed by atoms with Crippen LogP contribution in [0.3, 0.4) is 0 Å². The molecule has 0 radical (unpaired) electrons. The van der Waals surface area contributed by atoms with Gasteiger partial charge in [-0.25, -0.2) is 8.42 Å². The number of sulfonamides is 1. The van der Waals surface area contributed by atoms with Crippen LogP contribution in [0.25, 0.3) is 0 Å². The van der Waals surface area contributed by atoms with Gasteiger partial charge in [0, 0.05) is 24.5 Å². The number of rotatable bonds is 13. The third-order valence-corrected chi connectivity index (χ3v) is 9.52. The van der Waals surface area contributed by atoms with Crippen LogP contribution in [0, 0.1) is 19.8 Å². The second kappa shape index (κ2) is 15.2. The van der Waals surface area contributed by atoms with Gasteiger partial charge in [0.1, 0.15) is 12.6 Å². The van der Waals surface area contributed by atoms with E-state index in [1.54, 1.807) is 48.5 Å². The summed E-state index contributed by atoms with van der Waals surface area (Å²) < 4.78 is 29.4. The second-order valence-electron chi connectivity index (χ2n) is 11.6. The van der Waals surface area contributed by atoms with Gasteiger partial charge in [-0.15, -0.1) is 0 Å². The van der Waals surface area contributed by atoms with Gasteiger partial charge in [-0.3, -0.25) is 13.9 Å². The molecule has 9 heteroatoms. The van der Waals surface area contributed by atoms with E-state index in [-0.39, 0.29) is 29.7 Å². The summed E-state index contributed by atoms with van der Waals surface area (Å²) in [6.45, 7) is 7.67. The molecule has 0 aromatic heterocycles. The number of hydrogen-bond donors (Lipinski definition) is 1. The molecule has 1 atom stereocenters. The lowest BCUT2D eigenvalue weighted by Gasteiger charge is -2.34. The van der Waals surface area contributed by atoms with Crippen LogP contribution >= 0.6 is 11.6 Å². The van der Waals surface area contributed by atoms with Gasteiger partial charge in [0.2, 0.25) is 11.8 Å². The maximum Gasteiger partial charge on any atom is 0.264 e. The average Bonchev–Trinajstić information content (AvgIpc) is 3.01. The Kier molecular flexibility index (Phi) is 11.4. The summed E-state index contributed by atoms with van der Waals surface area (Å²) in [4.78, 5) is 29.9. The molecule has 0 unspecified atom stereocenters. The first kappa shape index (κ1) is 33.7. The summed E-state index contributed by atoms with van der Waals surface area (Å²) in [5.74, 6) is -0.666. The molecule has 0 aliphatic heterocycles. The molecule has 0 heterocycles. The van der Waals surface area contributed by atoms with Gasteiger partial charge in [-0.1, -0.05) is 98.2 Å². The quantitative estimate of drug-likeness (QED) is 0.178. The predicted molar refractivity (Wildman–Crippen MR) is 181 cm³/mol. The van der Waals surface area contributed by atoms with Crippen molar-refractivity contribution in [3.8, 4) is 0 Å². The van der Waals surface area contributed by atoms with E-state index in [0.29, 0.717) is 22.8 Å². The fourth-order valence-corrected chi connectivity index (χ4v) is 6.74. The summed E-state index contributed by atoms with van der Waals surface area (Å²) in [6.07, 6.45) is 0.232. The minimum atomic E-state index is -4.16. The Bertz CT molecular complexity index is 1690. The Balaban J connectivity index is 1.82. The van der Waals surface area contributed by atoms with Gasteiger partial charge in [0.15, 0.2) is 0 Å². The SMILES string of the molecule is Cc1cc(C)cc(N(CC(=O)N(Cc2ccccc2Cl)[C@H](Cc2ccccc2)C(=O)NCC(C)C)S(=O)(=O)c2ccccc2)c1. The van der Waals surface area contributed by atoms with Crippen molar-refractivity contribution >= 4 is 39.1 Å². The van der Waals surface area contributed by atoms with E-state index in [1.165, 1.54) is 17.0 Å². The van der Waals surface area contributed by atoms with Gasteiger partial charge in [-0.2, -0.15) is 0 Å². The van der Waals surface area contributed by atoms with E-state index < -0.39 is 28.5 Å². The Labute approximate surface area is 271 Å². The van der Waals surface area contributed by atoms with Crippen LogP contribution in [0.2, 0.25) is 5.02 Å². The zero-order chi connectivity index (χ0) is 32.6. The minimum Gasteiger partial charge on any atom is -0.354 e. The molecule has 0 aliphatic carbocycles. The molecular formula is C36H40ClN3O4S. The van der Waals surface area contributed by atoms with Crippen LogP contribution in [0.4, 0.5) is 5.69 Å². The van der Waals surface area contributed by atoms with Crippen LogP contribution in [0.1, 0.15) is 36.1 Å². The lowest BCUT2D eigenvalue weighted by molar-refractivity contribution is -0.140. The summed E-state index contributed by atoms with van der Waals surface area (Å²) in [5.41, 5.74) is 3.59. The number of anilines is 1. The Morgan fingerprint density at radius 2 is 1.40 bits per heavy atom. The number of halogens is 1.